The van der Waals surface area contributed by atoms with E-state index >= 15 is 0 Å². The number of carbonyl (C=O) groups excluding carboxylic acids is 1. The number of hydrogen-bond acceptors (Lipinski definition) is 5. The fourth-order valence-corrected chi connectivity index (χ4v) is 4.88. The number of hydrogen-bond donors (Lipinski definition) is 2. The first kappa shape index (κ1) is 22.0. The van der Waals surface area contributed by atoms with Crippen LogP contribution in [0.25, 0.3) is 6.08 Å². The zero-order chi connectivity index (χ0) is 21.7. The summed E-state index contributed by atoms with van der Waals surface area (Å²) in [5, 5.41) is 8.65. The quantitative estimate of drug-likeness (QED) is 0.419. The molecule has 0 atom stereocenters. The summed E-state index contributed by atoms with van der Waals surface area (Å²) in [4.78, 5) is 13.7. The predicted octanol–water partition coefficient (Wildman–Crippen LogP) is 2.84. The highest BCUT2D eigenvalue weighted by Crippen LogP contribution is 2.26. The highest BCUT2D eigenvalue weighted by Gasteiger charge is 2.29. The van der Waals surface area contributed by atoms with Crippen LogP contribution in [0.3, 0.4) is 0 Å². The molecule has 2 aromatic rings. The van der Waals surface area contributed by atoms with Crippen LogP contribution < -0.4 is 10.4 Å². The molecule has 2 aromatic carbocycles. The number of carbonyl (C=O) groups is 1. The van der Waals surface area contributed by atoms with Crippen LogP contribution in [0.5, 0.6) is 0 Å². The third kappa shape index (κ3) is 4.89. The molecule has 1 aliphatic heterocycles. The van der Waals surface area contributed by atoms with Crippen molar-refractivity contribution < 1.29 is 18.4 Å². The first-order valence-electron chi connectivity index (χ1n) is 9.89. The molecule has 3 rings (SSSR count). The maximum atomic E-state index is 13.0. The summed E-state index contributed by atoms with van der Waals surface area (Å²) in [5.41, 5.74) is 4.41. The van der Waals surface area contributed by atoms with Gasteiger partial charge in [-0.2, -0.15) is 4.31 Å². The molecule has 0 spiro atoms. The maximum Gasteiger partial charge on any atom is 0.267 e. The van der Waals surface area contributed by atoms with Crippen molar-refractivity contribution in [1.82, 2.24) is 9.79 Å². The van der Waals surface area contributed by atoms with E-state index in [0.717, 1.165) is 16.8 Å². The third-order valence-corrected chi connectivity index (χ3v) is 7.14. The molecule has 1 aliphatic rings. The van der Waals surface area contributed by atoms with Gasteiger partial charge in [-0.3, -0.25) is 10.0 Å². The highest BCUT2D eigenvalue weighted by atomic mass is 32.2. The lowest BCUT2D eigenvalue weighted by molar-refractivity contribution is -0.124. The third-order valence-electron chi connectivity index (χ3n) is 5.23. The van der Waals surface area contributed by atoms with Gasteiger partial charge in [0.05, 0.1) is 4.90 Å². The Balaban J connectivity index is 1.72. The van der Waals surface area contributed by atoms with Gasteiger partial charge >= 0.3 is 0 Å². The summed E-state index contributed by atoms with van der Waals surface area (Å²) in [5.74, 6) is -0.257. The van der Waals surface area contributed by atoms with Crippen molar-refractivity contribution in [3.05, 3.63) is 65.7 Å². The Morgan fingerprint density at radius 1 is 1.03 bits per heavy atom. The average Bonchev–Trinajstić information content (AvgIpc) is 2.77. The lowest BCUT2D eigenvalue weighted by Crippen LogP contribution is -2.48. The van der Waals surface area contributed by atoms with Crippen LogP contribution >= 0.6 is 0 Å². The van der Waals surface area contributed by atoms with Gasteiger partial charge < -0.3 is 4.90 Å². The molecule has 8 heteroatoms. The summed E-state index contributed by atoms with van der Waals surface area (Å²) >= 11 is 0. The van der Waals surface area contributed by atoms with Crippen molar-refractivity contribution in [3.63, 3.8) is 0 Å². The van der Waals surface area contributed by atoms with Gasteiger partial charge in [0.2, 0.25) is 10.0 Å². The van der Waals surface area contributed by atoms with E-state index in [9.17, 15) is 13.2 Å². The monoisotopic (exact) mass is 429 g/mol. The van der Waals surface area contributed by atoms with Crippen molar-refractivity contribution in [1.29, 1.82) is 0 Å². The predicted molar refractivity (Wildman–Crippen MR) is 117 cm³/mol. The molecule has 1 amide bonds. The number of rotatable bonds is 6. The fraction of sp³-hybridized carbons (Fsp3) is 0.318. The molecule has 1 fully saturated rings. The lowest BCUT2D eigenvalue weighted by Gasteiger charge is -2.36. The fourth-order valence-electron chi connectivity index (χ4n) is 3.46. The molecule has 0 radical (unpaired) electrons. The van der Waals surface area contributed by atoms with Crippen LogP contribution in [0.1, 0.15) is 30.9 Å². The Hall–Kier alpha value is -2.68. The Bertz CT molecular complexity index is 1010. The van der Waals surface area contributed by atoms with E-state index in [-0.39, 0.29) is 0 Å². The summed E-state index contributed by atoms with van der Waals surface area (Å²) in [6.07, 6.45) is 2.88. The van der Waals surface area contributed by atoms with Gasteiger partial charge in [-0.15, -0.1) is 0 Å². The molecule has 0 bridgehead atoms. The van der Waals surface area contributed by atoms with Gasteiger partial charge in [-0.1, -0.05) is 44.2 Å². The van der Waals surface area contributed by atoms with Crippen LogP contribution in [0, 0.1) is 0 Å². The lowest BCUT2D eigenvalue weighted by atomic mass is 10.0. The summed E-state index contributed by atoms with van der Waals surface area (Å²) in [7, 11) is -3.53. The van der Waals surface area contributed by atoms with E-state index in [1.54, 1.807) is 23.7 Å². The molecule has 30 heavy (non-hydrogen) atoms. The number of benzene rings is 2. The summed E-state index contributed by atoms with van der Waals surface area (Å²) in [6, 6.07) is 14.7. The standard InChI is InChI=1S/C22H27N3O4S/c1-17(2)18-7-10-20(11-8-18)30(28,29)25-15-13-24(14-16-25)21-6-4-3-5-19(21)9-12-22(26)23-27/h3-12,17,27H,13-16H2,1-2H3,(H,23,26). The van der Waals surface area contributed by atoms with Gasteiger partial charge in [-0.25, -0.2) is 13.9 Å². The van der Waals surface area contributed by atoms with Crippen molar-refractivity contribution in [2.75, 3.05) is 31.1 Å². The van der Waals surface area contributed by atoms with E-state index in [1.807, 2.05) is 36.4 Å². The number of hydroxylamine groups is 1. The number of nitrogens with one attached hydrogen (secondary N) is 1. The van der Waals surface area contributed by atoms with Gasteiger partial charge in [0.1, 0.15) is 0 Å². The molecule has 1 heterocycles. The maximum absolute atomic E-state index is 13.0. The number of nitrogens with zero attached hydrogens (tertiary/aromatic N) is 2. The van der Waals surface area contributed by atoms with Gasteiger partial charge in [0, 0.05) is 37.9 Å². The topological polar surface area (TPSA) is 90.0 Å². The average molecular weight is 430 g/mol. The summed E-state index contributed by atoms with van der Waals surface area (Å²) < 4.78 is 27.6. The molecule has 1 saturated heterocycles. The van der Waals surface area contributed by atoms with Crippen LogP contribution in [-0.2, 0) is 14.8 Å². The SMILES string of the molecule is CC(C)c1ccc(S(=O)(=O)N2CCN(c3ccccc3C=CC(=O)NO)CC2)cc1. The van der Waals surface area contributed by atoms with E-state index in [1.165, 1.54) is 10.4 Å². The molecular formula is C22H27N3O4S. The number of anilines is 1. The largest absolute Gasteiger partial charge is 0.368 e. The van der Waals surface area contributed by atoms with Gasteiger partial charge in [0.25, 0.3) is 5.91 Å². The minimum Gasteiger partial charge on any atom is -0.368 e. The molecule has 0 unspecified atom stereocenters. The molecule has 0 aromatic heterocycles. The Morgan fingerprint density at radius 3 is 2.27 bits per heavy atom. The van der Waals surface area contributed by atoms with Crippen LogP contribution in [-0.4, -0.2) is 50.0 Å². The van der Waals surface area contributed by atoms with E-state index in [4.69, 9.17) is 5.21 Å². The van der Waals surface area contributed by atoms with Crippen LogP contribution in [0.15, 0.2) is 59.5 Å². The Kier molecular flexibility index (Phi) is 6.91. The smallest absolute Gasteiger partial charge is 0.267 e. The minimum absolute atomic E-state index is 0.318. The molecule has 0 saturated carbocycles. The second-order valence-electron chi connectivity index (χ2n) is 7.48. The summed E-state index contributed by atoms with van der Waals surface area (Å²) in [6.45, 7) is 5.99. The van der Waals surface area contributed by atoms with Crippen LogP contribution in [0.2, 0.25) is 0 Å². The molecular weight excluding hydrogens is 402 g/mol. The molecule has 0 aliphatic carbocycles. The molecule has 2 N–H and O–H groups in total. The minimum atomic E-state index is -3.53. The number of sulfonamides is 1. The van der Waals surface area contributed by atoms with Gasteiger partial charge in [-0.05, 0) is 41.3 Å². The highest BCUT2D eigenvalue weighted by molar-refractivity contribution is 7.89. The Labute approximate surface area is 177 Å². The first-order valence-corrected chi connectivity index (χ1v) is 11.3. The van der Waals surface area contributed by atoms with Crippen molar-refractivity contribution in [2.45, 2.75) is 24.7 Å². The Morgan fingerprint density at radius 2 is 1.67 bits per heavy atom. The number of para-hydroxylation sites is 1. The molecule has 160 valence electrons. The van der Waals surface area contributed by atoms with Crippen molar-refractivity contribution >= 4 is 27.7 Å². The number of amides is 1. The zero-order valence-corrected chi connectivity index (χ0v) is 18.0. The van der Waals surface area contributed by atoms with E-state index in [2.05, 4.69) is 18.7 Å². The van der Waals surface area contributed by atoms with E-state index in [0.29, 0.717) is 37.0 Å². The van der Waals surface area contributed by atoms with E-state index < -0.39 is 15.9 Å². The second-order valence-corrected chi connectivity index (χ2v) is 9.42. The van der Waals surface area contributed by atoms with Crippen molar-refractivity contribution in [3.8, 4) is 0 Å². The first-order chi connectivity index (χ1) is 14.3. The second kappa shape index (κ2) is 9.42. The zero-order valence-electron chi connectivity index (χ0n) is 17.2. The number of piperazine rings is 1. The van der Waals surface area contributed by atoms with Crippen LogP contribution in [0.4, 0.5) is 5.69 Å². The normalized spacial score (nSPS) is 15.7. The van der Waals surface area contributed by atoms with Crippen molar-refractivity contribution in [2.24, 2.45) is 0 Å². The van der Waals surface area contributed by atoms with Gasteiger partial charge in [0.15, 0.2) is 0 Å². The molecule has 7 nitrogen and oxygen atoms in total.